The van der Waals surface area contributed by atoms with Gasteiger partial charge in [-0.15, -0.1) is 11.3 Å². The highest BCUT2D eigenvalue weighted by molar-refractivity contribution is 7.10. The smallest absolute Gasteiger partial charge is 0.256 e. The van der Waals surface area contributed by atoms with E-state index in [1.165, 1.54) is 4.88 Å². The Morgan fingerprint density at radius 3 is 2.57 bits per heavy atom. The summed E-state index contributed by atoms with van der Waals surface area (Å²) in [6, 6.07) is 0. The van der Waals surface area contributed by atoms with Crippen molar-refractivity contribution in [2.45, 2.75) is 46.5 Å². The van der Waals surface area contributed by atoms with Crippen LogP contribution < -0.4 is 5.32 Å². The summed E-state index contributed by atoms with van der Waals surface area (Å²) in [7, 11) is 0. The molecule has 2 rings (SSSR count). The Labute approximate surface area is 129 Å². The number of carbonyl (C=O) groups is 1. The Morgan fingerprint density at radius 2 is 2.00 bits per heavy atom. The first-order chi connectivity index (χ1) is 10.1. The lowest BCUT2D eigenvalue weighted by molar-refractivity contribution is 0.102. The Bertz CT molecular complexity index is 619. The van der Waals surface area contributed by atoms with Crippen LogP contribution in [0.25, 0.3) is 0 Å². The van der Waals surface area contributed by atoms with E-state index in [9.17, 15) is 4.79 Å². The fourth-order valence-corrected chi connectivity index (χ4v) is 3.09. The van der Waals surface area contributed by atoms with Crippen molar-refractivity contribution in [2.24, 2.45) is 0 Å². The molecule has 0 aliphatic carbocycles. The van der Waals surface area contributed by atoms with Gasteiger partial charge >= 0.3 is 0 Å². The summed E-state index contributed by atoms with van der Waals surface area (Å²) in [5.41, 5.74) is 2.51. The lowest BCUT2D eigenvalue weighted by atomic mass is 10.1. The molecule has 1 atom stereocenters. The summed E-state index contributed by atoms with van der Waals surface area (Å²) in [4.78, 5) is 22.2. The molecule has 0 saturated heterocycles. The maximum Gasteiger partial charge on any atom is 0.256 e. The normalized spacial score (nSPS) is 12.2. The third-order valence-corrected chi connectivity index (χ3v) is 4.64. The minimum absolute atomic E-state index is 0.0870. The molecule has 1 N–H and O–H groups in total. The van der Waals surface area contributed by atoms with Gasteiger partial charge in [-0.2, -0.15) is 0 Å². The maximum absolute atomic E-state index is 12.3. The zero-order valence-electron chi connectivity index (χ0n) is 12.9. The zero-order valence-corrected chi connectivity index (χ0v) is 13.8. The number of anilines is 1. The van der Waals surface area contributed by atoms with Gasteiger partial charge in [0.25, 0.3) is 5.91 Å². The van der Waals surface area contributed by atoms with Crippen LogP contribution in [0.4, 0.5) is 5.69 Å². The number of nitrogens with zero attached hydrogens (tertiary/aromatic N) is 2. The van der Waals surface area contributed by atoms with E-state index in [2.05, 4.69) is 36.1 Å². The van der Waals surface area contributed by atoms with E-state index in [-0.39, 0.29) is 5.91 Å². The van der Waals surface area contributed by atoms with E-state index in [1.54, 1.807) is 23.7 Å². The first kappa shape index (κ1) is 15.6. The molecule has 1 unspecified atom stereocenters. The third kappa shape index (κ3) is 3.47. The average molecular weight is 303 g/mol. The molecule has 0 spiro atoms. The van der Waals surface area contributed by atoms with Crippen molar-refractivity contribution in [3.63, 3.8) is 0 Å². The van der Waals surface area contributed by atoms with Crippen molar-refractivity contribution in [1.29, 1.82) is 0 Å². The number of amides is 1. The molecule has 0 fully saturated rings. The minimum atomic E-state index is -0.0870. The van der Waals surface area contributed by atoms with Gasteiger partial charge in [0.05, 0.1) is 23.6 Å². The Kier molecular flexibility index (Phi) is 5.07. The lowest BCUT2D eigenvalue weighted by Gasteiger charge is -2.09. The molecule has 5 heteroatoms. The second-order valence-corrected chi connectivity index (χ2v) is 6.21. The van der Waals surface area contributed by atoms with E-state index in [1.807, 2.05) is 12.3 Å². The molecular weight excluding hydrogens is 282 g/mol. The van der Waals surface area contributed by atoms with Gasteiger partial charge in [0, 0.05) is 16.2 Å². The van der Waals surface area contributed by atoms with Crippen LogP contribution in [0.5, 0.6) is 0 Å². The summed E-state index contributed by atoms with van der Waals surface area (Å²) < 4.78 is 0. The van der Waals surface area contributed by atoms with Crippen LogP contribution in [0, 0.1) is 6.92 Å². The number of nitrogens with one attached hydrogen (secondary N) is 1. The van der Waals surface area contributed by atoms with Crippen LogP contribution in [0.1, 0.15) is 59.7 Å². The van der Waals surface area contributed by atoms with Gasteiger partial charge in [-0.3, -0.25) is 4.79 Å². The molecule has 4 nitrogen and oxygen atoms in total. The first-order valence-electron chi connectivity index (χ1n) is 7.27. The average Bonchev–Trinajstić information content (AvgIpc) is 2.88. The van der Waals surface area contributed by atoms with Crippen LogP contribution in [0.2, 0.25) is 0 Å². The molecule has 2 aromatic heterocycles. The van der Waals surface area contributed by atoms with Gasteiger partial charge in [0.2, 0.25) is 0 Å². The molecule has 0 radical (unpaired) electrons. The molecule has 0 saturated carbocycles. The Hall–Kier alpha value is -1.75. The van der Waals surface area contributed by atoms with Crippen LogP contribution in [0.15, 0.2) is 17.8 Å². The molecule has 2 heterocycles. The summed E-state index contributed by atoms with van der Waals surface area (Å²) in [6.45, 7) is 8.31. The number of hydrogen-bond acceptors (Lipinski definition) is 4. The minimum Gasteiger partial charge on any atom is -0.319 e. The van der Waals surface area contributed by atoms with Crippen molar-refractivity contribution >= 4 is 22.9 Å². The number of rotatable bonds is 5. The van der Waals surface area contributed by atoms with E-state index >= 15 is 0 Å². The SMILES string of the molecule is CCc1c(C(=O)Nc2cnc(C(C)CC)nc2)csc1C. The van der Waals surface area contributed by atoms with Crippen molar-refractivity contribution in [3.8, 4) is 0 Å². The topological polar surface area (TPSA) is 54.9 Å². The number of carbonyl (C=O) groups excluding carboxylic acids is 1. The highest BCUT2D eigenvalue weighted by atomic mass is 32.1. The monoisotopic (exact) mass is 303 g/mol. The van der Waals surface area contributed by atoms with Crippen molar-refractivity contribution in [1.82, 2.24) is 9.97 Å². The van der Waals surface area contributed by atoms with Crippen molar-refractivity contribution < 1.29 is 4.79 Å². The maximum atomic E-state index is 12.3. The van der Waals surface area contributed by atoms with Gasteiger partial charge in [-0.1, -0.05) is 20.8 Å². The van der Waals surface area contributed by atoms with Crippen LogP contribution in [0.3, 0.4) is 0 Å². The summed E-state index contributed by atoms with van der Waals surface area (Å²) in [5, 5.41) is 4.79. The fourth-order valence-electron chi connectivity index (χ4n) is 2.15. The highest BCUT2D eigenvalue weighted by Crippen LogP contribution is 2.23. The molecular formula is C16H21N3OS. The summed E-state index contributed by atoms with van der Waals surface area (Å²) in [5.74, 6) is 1.06. The molecule has 2 aromatic rings. The Morgan fingerprint density at radius 1 is 1.33 bits per heavy atom. The standard InChI is InChI=1S/C16H21N3OS/c1-5-10(3)15-17-7-12(8-18-15)19-16(20)14-9-21-11(4)13(14)6-2/h7-10H,5-6H2,1-4H3,(H,19,20). The van der Waals surface area contributed by atoms with Crippen LogP contribution >= 0.6 is 11.3 Å². The molecule has 1 amide bonds. The zero-order chi connectivity index (χ0) is 15.4. The molecule has 0 aliphatic heterocycles. The first-order valence-corrected chi connectivity index (χ1v) is 8.15. The predicted octanol–water partition coefficient (Wildman–Crippen LogP) is 4.17. The molecule has 21 heavy (non-hydrogen) atoms. The lowest BCUT2D eigenvalue weighted by Crippen LogP contribution is -2.14. The van der Waals surface area contributed by atoms with Gasteiger partial charge < -0.3 is 5.32 Å². The second-order valence-electron chi connectivity index (χ2n) is 5.13. The van der Waals surface area contributed by atoms with E-state index in [0.29, 0.717) is 11.6 Å². The predicted molar refractivity (Wildman–Crippen MR) is 87.1 cm³/mol. The number of aryl methyl sites for hydroxylation is 1. The quantitative estimate of drug-likeness (QED) is 0.901. The van der Waals surface area contributed by atoms with Gasteiger partial charge in [0.15, 0.2) is 0 Å². The highest BCUT2D eigenvalue weighted by Gasteiger charge is 2.15. The molecule has 0 aliphatic rings. The molecule has 0 aromatic carbocycles. The van der Waals surface area contributed by atoms with E-state index < -0.39 is 0 Å². The van der Waals surface area contributed by atoms with Crippen molar-refractivity contribution in [3.05, 3.63) is 39.6 Å². The van der Waals surface area contributed by atoms with E-state index in [4.69, 9.17) is 0 Å². The number of aromatic nitrogens is 2. The second kappa shape index (κ2) is 6.80. The summed E-state index contributed by atoms with van der Waals surface area (Å²) >= 11 is 1.61. The number of thiophene rings is 1. The third-order valence-electron chi connectivity index (χ3n) is 3.68. The summed E-state index contributed by atoms with van der Waals surface area (Å²) in [6.07, 6.45) is 5.22. The molecule has 0 bridgehead atoms. The van der Waals surface area contributed by atoms with Gasteiger partial charge in [0.1, 0.15) is 5.82 Å². The van der Waals surface area contributed by atoms with Gasteiger partial charge in [-0.25, -0.2) is 9.97 Å². The largest absolute Gasteiger partial charge is 0.319 e. The number of hydrogen-bond donors (Lipinski definition) is 1. The van der Waals surface area contributed by atoms with E-state index in [0.717, 1.165) is 29.8 Å². The fraction of sp³-hybridized carbons (Fsp3) is 0.438. The van der Waals surface area contributed by atoms with Crippen LogP contribution in [-0.4, -0.2) is 15.9 Å². The van der Waals surface area contributed by atoms with Crippen molar-refractivity contribution in [2.75, 3.05) is 5.32 Å². The molecule has 112 valence electrons. The van der Waals surface area contributed by atoms with Crippen LogP contribution in [-0.2, 0) is 6.42 Å². The Balaban J connectivity index is 2.12. The van der Waals surface area contributed by atoms with Gasteiger partial charge in [-0.05, 0) is 25.3 Å².